The van der Waals surface area contributed by atoms with Crippen LogP contribution in [0.2, 0.25) is 0 Å². The van der Waals surface area contributed by atoms with Crippen LogP contribution in [0.4, 0.5) is 10.6 Å². The maximum Gasteiger partial charge on any atom is 0.323 e. The van der Waals surface area contributed by atoms with Crippen molar-refractivity contribution in [1.82, 2.24) is 14.8 Å². The third-order valence-electron chi connectivity index (χ3n) is 3.74. The van der Waals surface area contributed by atoms with Crippen LogP contribution in [0.25, 0.3) is 0 Å². The number of aromatic nitrogens is 1. The molecule has 0 spiro atoms. The van der Waals surface area contributed by atoms with Crippen LogP contribution < -0.4 is 5.32 Å². The first-order valence-corrected chi connectivity index (χ1v) is 7.84. The van der Waals surface area contributed by atoms with E-state index in [0.29, 0.717) is 11.9 Å². The molecule has 1 saturated heterocycles. The minimum atomic E-state index is -0.0607. The average Bonchev–Trinajstić information content (AvgIpc) is 2.92. The maximum atomic E-state index is 12.2. The lowest BCUT2D eigenvalue weighted by Gasteiger charge is -2.26. The Balaban J connectivity index is 1.89. The van der Waals surface area contributed by atoms with Gasteiger partial charge in [0.2, 0.25) is 0 Å². The molecule has 2 rings (SSSR count). The fourth-order valence-electron chi connectivity index (χ4n) is 2.60. The number of hydrogen-bond acceptors (Lipinski definition) is 3. The van der Waals surface area contributed by atoms with Crippen LogP contribution in [0.5, 0.6) is 0 Å². The van der Waals surface area contributed by atoms with E-state index in [-0.39, 0.29) is 6.03 Å². The molecule has 6 heteroatoms. The highest BCUT2D eigenvalue weighted by Gasteiger charge is 2.29. The van der Waals surface area contributed by atoms with Crippen LogP contribution in [0.15, 0.2) is 22.8 Å². The summed E-state index contributed by atoms with van der Waals surface area (Å²) in [7, 11) is 0. The fraction of sp³-hybridized carbons (Fsp3) is 0.571. The Labute approximate surface area is 128 Å². The number of nitrogens with zero attached hydrogens (tertiary/aromatic N) is 3. The summed E-state index contributed by atoms with van der Waals surface area (Å²) >= 11 is 3.33. The van der Waals surface area contributed by atoms with Gasteiger partial charge in [0.1, 0.15) is 5.82 Å². The maximum absolute atomic E-state index is 12.2. The smallest absolute Gasteiger partial charge is 0.323 e. The number of amides is 2. The molecule has 5 nitrogen and oxygen atoms in total. The lowest BCUT2D eigenvalue weighted by Crippen LogP contribution is -2.39. The van der Waals surface area contributed by atoms with E-state index in [9.17, 15) is 4.79 Å². The Morgan fingerprint density at radius 3 is 2.85 bits per heavy atom. The highest BCUT2D eigenvalue weighted by molar-refractivity contribution is 9.10. The summed E-state index contributed by atoms with van der Waals surface area (Å²) in [6.45, 7) is 8.00. The zero-order valence-corrected chi connectivity index (χ0v) is 13.6. The number of likely N-dealkylation sites (tertiary alicyclic amines) is 1. The molecule has 20 heavy (non-hydrogen) atoms. The molecule has 2 amide bonds. The summed E-state index contributed by atoms with van der Waals surface area (Å²) in [5, 5.41) is 2.84. The van der Waals surface area contributed by atoms with Gasteiger partial charge in [-0.15, -0.1) is 0 Å². The number of carbonyl (C=O) groups excluding carboxylic acids is 1. The molecule has 2 heterocycles. The molecular weight excluding hydrogens is 320 g/mol. The lowest BCUT2D eigenvalue weighted by atomic mass is 10.2. The number of hydrogen-bond donors (Lipinski definition) is 1. The minimum absolute atomic E-state index is 0.0607. The van der Waals surface area contributed by atoms with Gasteiger partial charge in [-0.2, -0.15) is 0 Å². The molecule has 1 aliphatic rings. The van der Waals surface area contributed by atoms with E-state index in [4.69, 9.17) is 0 Å². The fourth-order valence-corrected chi connectivity index (χ4v) is 2.84. The molecule has 0 radical (unpaired) electrons. The van der Waals surface area contributed by atoms with E-state index < -0.39 is 0 Å². The van der Waals surface area contributed by atoms with Gasteiger partial charge >= 0.3 is 6.03 Å². The highest BCUT2D eigenvalue weighted by Crippen LogP contribution is 2.17. The predicted molar refractivity (Wildman–Crippen MR) is 83.9 cm³/mol. The molecule has 1 aromatic heterocycles. The van der Waals surface area contributed by atoms with Crippen LogP contribution in [0, 0.1) is 0 Å². The normalized spacial score (nSPS) is 18.6. The van der Waals surface area contributed by atoms with E-state index >= 15 is 0 Å². The Hall–Kier alpha value is -1.14. The second kappa shape index (κ2) is 7.04. The van der Waals surface area contributed by atoms with Crippen LogP contribution >= 0.6 is 15.9 Å². The predicted octanol–water partition coefficient (Wildman–Crippen LogP) is 2.79. The topological polar surface area (TPSA) is 48.5 Å². The zero-order chi connectivity index (χ0) is 14.5. The van der Waals surface area contributed by atoms with E-state index in [1.165, 1.54) is 0 Å². The van der Waals surface area contributed by atoms with Gasteiger partial charge in [-0.25, -0.2) is 9.78 Å². The van der Waals surface area contributed by atoms with Gasteiger partial charge in [0.15, 0.2) is 0 Å². The number of urea groups is 1. The second-order valence-electron chi connectivity index (χ2n) is 4.90. The Morgan fingerprint density at radius 2 is 2.25 bits per heavy atom. The first-order chi connectivity index (χ1) is 9.63. The van der Waals surface area contributed by atoms with Crippen LogP contribution in [0.3, 0.4) is 0 Å². The molecule has 110 valence electrons. The van der Waals surface area contributed by atoms with Crippen LogP contribution in [-0.2, 0) is 0 Å². The molecule has 1 atom stereocenters. The molecule has 1 N–H and O–H groups in total. The van der Waals surface area contributed by atoms with Crippen LogP contribution in [-0.4, -0.2) is 53.0 Å². The summed E-state index contributed by atoms with van der Waals surface area (Å²) in [4.78, 5) is 20.6. The summed E-state index contributed by atoms with van der Waals surface area (Å²) in [6, 6.07) is 4.08. The van der Waals surface area contributed by atoms with Crippen molar-refractivity contribution in [2.24, 2.45) is 0 Å². The summed E-state index contributed by atoms with van der Waals surface area (Å²) in [5.74, 6) is 0.587. The minimum Gasteiger partial charge on any atom is -0.323 e. The van der Waals surface area contributed by atoms with Crippen molar-refractivity contribution in [3.05, 3.63) is 22.8 Å². The number of rotatable bonds is 4. The third-order valence-corrected chi connectivity index (χ3v) is 4.21. The quantitative estimate of drug-likeness (QED) is 0.916. The molecule has 1 aromatic rings. The standard InChI is InChI=1S/C14H21BrN4O/c1-3-18(4-2)12-7-8-19(10-12)14(20)17-13-6-5-11(15)9-16-13/h5-6,9,12H,3-4,7-8,10H2,1-2H3,(H,16,17,20)/t12-/m1/s1. The first kappa shape index (κ1) is 15.3. The summed E-state index contributed by atoms with van der Waals surface area (Å²) in [6.07, 6.45) is 2.72. The van der Waals surface area contributed by atoms with Crippen molar-refractivity contribution in [3.63, 3.8) is 0 Å². The third kappa shape index (κ3) is 3.70. The SMILES string of the molecule is CCN(CC)[C@@H]1CCN(C(=O)Nc2ccc(Br)cn2)C1. The Morgan fingerprint density at radius 1 is 1.50 bits per heavy atom. The Kier molecular flexibility index (Phi) is 5.37. The molecule has 0 bridgehead atoms. The average molecular weight is 341 g/mol. The van der Waals surface area contributed by atoms with Gasteiger partial charge in [-0.3, -0.25) is 10.2 Å². The van der Waals surface area contributed by atoms with Gasteiger partial charge in [0.25, 0.3) is 0 Å². The van der Waals surface area contributed by atoms with E-state index in [1.807, 2.05) is 11.0 Å². The molecule has 0 saturated carbocycles. The van der Waals surface area contributed by atoms with Gasteiger partial charge in [0, 0.05) is 29.8 Å². The molecule has 0 unspecified atom stereocenters. The molecule has 1 aliphatic heterocycles. The molecule has 0 aliphatic carbocycles. The number of anilines is 1. The monoisotopic (exact) mass is 340 g/mol. The number of pyridine rings is 1. The lowest BCUT2D eigenvalue weighted by molar-refractivity contribution is 0.202. The number of carbonyl (C=O) groups is 1. The molecule has 1 fully saturated rings. The highest BCUT2D eigenvalue weighted by atomic mass is 79.9. The van der Waals surface area contributed by atoms with Gasteiger partial charge in [-0.1, -0.05) is 13.8 Å². The number of likely N-dealkylation sites (N-methyl/N-ethyl adjacent to an activating group) is 1. The first-order valence-electron chi connectivity index (χ1n) is 7.05. The van der Waals surface area contributed by atoms with E-state index in [1.54, 1.807) is 12.3 Å². The number of nitrogens with one attached hydrogen (secondary N) is 1. The number of halogens is 1. The van der Waals surface area contributed by atoms with Crippen molar-refractivity contribution in [2.75, 3.05) is 31.5 Å². The van der Waals surface area contributed by atoms with E-state index in [0.717, 1.165) is 37.1 Å². The summed E-state index contributed by atoms with van der Waals surface area (Å²) < 4.78 is 0.901. The van der Waals surface area contributed by atoms with Gasteiger partial charge in [-0.05, 0) is 47.6 Å². The molecular formula is C14H21BrN4O. The zero-order valence-electron chi connectivity index (χ0n) is 12.0. The van der Waals surface area contributed by atoms with Crippen molar-refractivity contribution in [2.45, 2.75) is 26.3 Å². The largest absolute Gasteiger partial charge is 0.323 e. The van der Waals surface area contributed by atoms with Crippen molar-refractivity contribution in [3.8, 4) is 0 Å². The summed E-state index contributed by atoms with van der Waals surface area (Å²) in [5.41, 5.74) is 0. The van der Waals surface area contributed by atoms with Crippen molar-refractivity contribution < 1.29 is 4.79 Å². The molecule has 0 aromatic carbocycles. The van der Waals surface area contributed by atoms with E-state index in [2.05, 4.69) is 45.0 Å². The van der Waals surface area contributed by atoms with Gasteiger partial charge in [0.05, 0.1) is 0 Å². The van der Waals surface area contributed by atoms with Crippen molar-refractivity contribution >= 4 is 27.8 Å². The van der Waals surface area contributed by atoms with Crippen molar-refractivity contribution in [1.29, 1.82) is 0 Å². The Bertz CT molecular complexity index is 447. The second-order valence-corrected chi connectivity index (χ2v) is 5.82. The van der Waals surface area contributed by atoms with Crippen LogP contribution in [0.1, 0.15) is 20.3 Å². The van der Waals surface area contributed by atoms with Gasteiger partial charge < -0.3 is 4.90 Å².